The third kappa shape index (κ3) is 3.01. The molecular weight excluding hydrogens is 323 g/mol. The summed E-state index contributed by atoms with van der Waals surface area (Å²) in [6.45, 7) is 0. The molecule has 0 radical (unpaired) electrons. The summed E-state index contributed by atoms with van der Waals surface area (Å²) in [5.74, 6) is -4.10. The van der Waals surface area contributed by atoms with Gasteiger partial charge in [0.25, 0.3) is 0 Å². The standard InChI is InChI=1S/C17H10F3NO3/c18-10-6-4-9(5-7-10)17-21-13(8-14(22)23)16(24-17)11-2-1-3-12(19)15(11)20/h1-7H,8H2,(H,22,23). The summed E-state index contributed by atoms with van der Waals surface area (Å²) in [5, 5.41) is 8.98. The van der Waals surface area contributed by atoms with Crippen molar-refractivity contribution in [3.63, 3.8) is 0 Å². The van der Waals surface area contributed by atoms with Gasteiger partial charge in [0.1, 0.15) is 5.82 Å². The smallest absolute Gasteiger partial charge is 0.309 e. The van der Waals surface area contributed by atoms with Crippen LogP contribution in [0, 0.1) is 17.5 Å². The maximum atomic E-state index is 14.0. The van der Waals surface area contributed by atoms with Crippen LogP contribution in [0.1, 0.15) is 5.69 Å². The first-order valence-corrected chi connectivity index (χ1v) is 6.87. The first-order valence-electron chi connectivity index (χ1n) is 6.87. The van der Waals surface area contributed by atoms with Crippen LogP contribution < -0.4 is 0 Å². The molecule has 0 saturated carbocycles. The molecule has 1 N–H and O–H groups in total. The lowest BCUT2D eigenvalue weighted by Gasteiger charge is -2.02. The Morgan fingerprint density at radius 2 is 1.79 bits per heavy atom. The molecule has 0 saturated heterocycles. The van der Waals surface area contributed by atoms with Crippen molar-refractivity contribution in [1.82, 2.24) is 4.98 Å². The Labute approximate surface area is 134 Å². The SMILES string of the molecule is O=C(O)Cc1nc(-c2ccc(F)cc2)oc1-c1cccc(F)c1F. The molecule has 0 spiro atoms. The molecule has 3 aromatic rings. The second kappa shape index (κ2) is 6.19. The molecule has 1 aromatic heterocycles. The van der Waals surface area contributed by atoms with Crippen LogP contribution >= 0.6 is 0 Å². The highest BCUT2D eigenvalue weighted by atomic mass is 19.2. The van der Waals surface area contributed by atoms with E-state index in [-0.39, 0.29) is 22.9 Å². The van der Waals surface area contributed by atoms with Gasteiger partial charge in [0.2, 0.25) is 5.89 Å². The van der Waals surface area contributed by atoms with E-state index in [2.05, 4.69) is 4.98 Å². The van der Waals surface area contributed by atoms with Gasteiger partial charge in [-0.25, -0.2) is 18.2 Å². The van der Waals surface area contributed by atoms with E-state index in [1.54, 1.807) is 0 Å². The number of nitrogens with zero attached hydrogens (tertiary/aromatic N) is 1. The van der Waals surface area contributed by atoms with Crippen LogP contribution in [0.15, 0.2) is 46.9 Å². The van der Waals surface area contributed by atoms with E-state index in [0.717, 1.165) is 6.07 Å². The summed E-state index contributed by atoms with van der Waals surface area (Å²) in [7, 11) is 0. The maximum Gasteiger partial charge on any atom is 0.309 e. The second-order valence-corrected chi connectivity index (χ2v) is 4.97. The van der Waals surface area contributed by atoms with Crippen molar-refractivity contribution in [2.75, 3.05) is 0 Å². The Hall–Kier alpha value is -3.09. The van der Waals surface area contributed by atoms with Gasteiger partial charge in [0.15, 0.2) is 17.4 Å². The minimum absolute atomic E-state index is 0.00934. The molecule has 0 atom stereocenters. The molecule has 7 heteroatoms. The fourth-order valence-corrected chi connectivity index (χ4v) is 2.22. The summed E-state index contributed by atoms with van der Waals surface area (Å²) in [6.07, 6.45) is -0.532. The molecule has 0 amide bonds. The third-order valence-electron chi connectivity index (χ3n) is 3.30. The van der Waals surface area contributed by atoms with Crippen LogP contribution in [-0.4, -0.2) is 16.1 Å². The molecular formula is C17H10F3NO3. The van der Waals surface area contributed by atoms with E-state index < -0.39 is 29.8 Å². The normalized spacial score (nSPS) is 10.8. The number of carboxylic acids is 1. The van der Waals surface area contributed by atoms with E-state index in [0.29, 0.717) is 5.56 Å². The fourth-order valence-electron chi connectivity index (χ4n) is 2.22. The highest BCUT2D eigenvalue weighted by Gasteiger charge is 2.22. The van der Waals surface area contributed by atoms with Crippen molar-refractivity contribution >= 4 is 5.97 Å². The molecule has 0 aliphatic rings. The van der Waals surface area contributed by atoms with E-state index in [4.69, 9.17) is 9.52 Å². The molecule has 1 heterocycles. The largest absolute Gasteiger partial charge is 0.481 e. The minimum atomic E-state index is -1.20. The van der Waals surface area contributed by atoms with Crippen molar-refractivity contribution in [2.45, 2.75) is 6.42 Å². The summed E-state index contributed by atoms with van der Waals surface area (Å²) in [4.78, 5) is 15.0. The number of halogens is 3. The molecule has 0 bridgehead atoms. The number of oxazole rings is 1. The zero-order chi connectivity index (χ0) is 17.3. The zero-order valence-corrected chi connectivity index (χ0v) is 12.1. The lowest BCUT2D eigenvalue weighted by Crippen LogP contribution is -2.02. The van der Waals surface area contributed by atoms with E-state index >= 15 is 0 Å². The number of benzene rings is 2. The van der Waals surface area contributed by atoms with Crippen LogP contribution in [0.25, 0.3) is 22.8 Å². The highest BCUT2D eigenvalue weighted by molar-refractivity contribution is 5.74. The van der Waals surface area contributed by atoms with E-state index in [9.17, 15) is 18.0 Å². The van der Waals surface area contributed by atoms with Crippen LogP contribution in [0.3, 0.4) is 0 Å². The summed E-state index contributed by atoms with van der Waals surface area (Å²) >= 11 is 0. The van der Waals surface area contributed by atoms with Crippen LogP contribution in [0.4, 0.5) is 13.2 Å². The summed E-state index contributed by atoms with van der Waals surface area (Å²) in [5.41, 5.74) is 0.101. The number of rotatable bonds is 4. The van der Waals surface area contributed by atoms with Crippen LogP contribution in [0.5, 0.6) is 0 Å². The molecule has 0 fully saturated rings. The van der Waals surface area contributed by atoms with Crippen molar-refractivity contribution in [2.24, 2.45) is 0 Å². The fraction of sp³-hybridized carbons (Fsp3) is 0.0588. The van der Waals surface area contributed by atoms with Crippen molar-refractivity contribution in [1.29, 1.82) is 0 Å². The van der Waals surface area contributed by atoms with Gasteiger partial charge in [0.05, 0.1) is 17.7 Å². The Balaban J connectivity index is 2.15. The second-order valence-electron chi connectivity index (χ2n) is 4.97. The third-order valence-corrected chi connectivity index (χ3v) is 3.30. The van der Waals surface area contributed by atoms with Gasteiger partial charge >= 0.3 is 5.97 Å². The lowest BCUT2D eigenvalue weighted by atomic mass is 10.1. The van der Waals surface area contributed by atoms with Crippen molar-refractivity contribution < 1.29 is 27.5 Å². The van der Waals surface area contributed by atoms with Crippen LogP contribution in [-0.2, 0) is 11.2 Å². The van der Waals surface area contributed by atoms with Crippen LogP contribution in [0.2, 0.25) is 0 Å². The quantitative estimate of drug-likeness (QED) is 0.782. The Morgan fingerprint density at radius 1 is 1.08 bits per heavy atom. The highest BCUT2D eigenvalue weighted by Crippen LogP contribution is 2.32. The average molecular weight is 333 g/mol. The number of hydrogen-bond acceptors (Lipinski definition) is 3. The van der Waals surface area contributed by atoms with Gasteiger partial charge < -0.3 is 9.52 Å². The molecule has 0 aliphatic carbocycles. The monoisotopic (exact) mass is 333 g/mol. The molecule has 0 unspecified atom stereocenters. The van der Waals surface area contributed by atoms with Crippen molar-refractivity contribution in [3.8, 4) is 22.8 Å². The number of aromatic nitrogens is 1. The maximum absolute atomic E-state index is 14.0. The van der Waals surface area contributed by atoms with E-state index in [1.807, 2.05) is 0 Å². The number of hydrogen-bond donors (Lipinski definition) is 1. The predicted molar refractivity (Wildman–Crippen MR) is 78.6 cm³/mol. The van der Waals surface area contributed by atoms with Crippen molar-refractivity contribution in [3.05, 3.63) is 65.6 Å². The lowest BCUT2D eigenvalue weighted by molar-refractivity contribution is -0.136. The van der Waals surface area contributed by atoms with Gasteiger partial charge in [-0.15, -0.1) is 0 Å². The number of carboxylic acid groups (broad SMARTS) is 1. The molecule has 3 rings (SSSR count). The molecule has 122 valence electrons. The first-order chi connectivity index (χ1) is 11.5. The number of carbonyl (C=O) groups is 1. The first kappa shape index (κ1) is 15.8. The molecule has 4 nitrogen and oxygen atoms in total. The molecule has 0 aliphatic heterocycles. The number of aliphatic carboxylic acids is 1. The van der Waals surface area contributed by atoms with Gasteiger partial charge in [-0.2, -0.15) is 0 Å². The Kier molecular flexibility index (Phi) is 4.07. The summed E-state index contributed by atoms with van der Waals surface area (Å²) < 4.78 is 45.9. The minimum Gasteiger partial charge on any atom is -0.481 e. The van der Waals surface area contributed by atoms with Gasteiger partial charge in [0, 0.05) is 5.56 Å². The summed E-state index contributed by atoms with van der Waals surface area (Å²) in [6, 6.07) is 8.61. The Morgan fingerprint density at radius 3 is 2.46 bits per heavy atom. The zero-order valence-electron chi connectivity index (χ0n) is 12.1. The van der Waals surface area contributed by atoms with Gasteiger partial charge in [-0.1, -0.05) is 6.07 Å². The van der Waals surface area contributed by atoms with E-state index in [1.165, 1.54) is 36.4 Å². The Bertz CT molecular complexity index is 904. The van der Waals surface area contributed by atoms with Gasteiger partial charge in [-0.3, -0.25) is 4.79 Å². The predicted octanol–water partition coefficient (Wildman–Crippen LogP) is 4.05. The van der Waals surface area contributed by atoms with Gasteiger partial charge in [-0.05, 0) is 36.4 Å². The molecule has 2 aromatic carbocycles. The average Bonchev–Trinajstić information content (AvgIpc) is 2.93. The molecule has 24 heavy (non-hydrogen) atoms. The topological polar surface area (TPSA) is 63.3 Å².